The monoisotopic (exact) mass is 263 g/mol. The Kier molecular flexibility index (Phi) is 4.01. The number of hydrogen-bond acceptors (Lipinski definition) is 1. The molecule has 14 heavy (non-hydrogen) atoms. The molecular formula is C10H12BrF2N. The summed E-state index contributed by atoms with van der Waals surface area (Å²) < 4.78 is 26.2. The third kappa shape index (κ3) is 3.03. The summed E-state index contributed by atoms with van der Waals surface area (Å²) in [6.07, 6.45) is 1.40. The van der Waals surface area contributed by atoms with Gasteiger partial charge in [-0.2, -0.15) is 0 Å². The summed E-state index contributed by atoms with van der Waals surface area (Å²) in [5, 5.41) is 0. The normalized spacial score (nSPS) is 12.9. The van der Waals surface area contributed by atoms with Crippen molar-refractivity contribution in [3.8, 4) is 0 Å². The molecule has 0 saturated carbocycles. The molecule has 1 atom stereocenters. The molecule has 1 aromatic rings. The van der Waals surface area contributed by atoms with E-state index in [1.807, 2.05) is 6.92 Å². The molecule has 0 aromatic heterocycles. The second-order valence-corrected chi connectivity index (χ2v) is 4.23. The average molecular weight is 264 g/mol. The maximum Gasteiger partial charge on any atom is 0.159 e. The molecule has 0 amide bonds. The Labute approximate surface area is 90.4 Å². The fourth-order valence-corrected chi connectivity index (χ4v) is 1.65. The number of rotatable bonds is 3. The van der Waals surface area contributed by atoms with E-state index in [2.05, 4.69) is 15.9 Å². The number of hydrogen-bond donors (Lipinski definition) is 1. The Balaban J connectivity index is 2.82. The molecule has 0 aliphatic heterocycles. The van der Waals surface area contributed by atoms with Crippen LogP contribution in [0.2, 0.25) is 0 Å². The van der Waals surface area contributed by atoms with Crippen LogP contribution in [-0.2, 0) is 6.42 Å². The Bertz CT molecular complexity index is 326. The maximum atomic E-state index is 12.9. The Morgan fingerprint density at radius 3 is 2.50 bits per heavy atom. The van der Waals surface area contributed by atoms with Crippen LogP contribution in [0.3, 0.4) is 0 Å². The van der Waals surface area contributed by atoms with Crippen molar-refractivity contribution in [1.82, 2.24) is 0 Å². The van der Waals surface area contributed by atoms with Crippen LogP contribution in [0.5, 0.6) is 0 Å². The van der Waals surface area contributed by atoms with Gasteiger partial charge in [0.1, 0.15) is 0 Å². The van der Waals surface area contributed by atoms with Crippen molar-refractivity contribution in [3.63, 3.8) is 0 Å². The van der Waals surface area contributed by atoms with Gasteiger partial charge in [-0.1, -0.05) is 15.9 Å². The van der Waals surface area contributed by atoms with E-state index in [4.69, 9.17) is 5.73 Å². The highest BCUT2D eigenvalue weighted by Gasteiger charge is 2.08. The Morgan fingerprint density at radius 1 is 1.36 bits per heavy atom. The van der Waals surface area contributed by atoms with Crippen LogP contribution in [0.15, 0.2) is 16.6 Å². The summed E-state index contributed by atoms with van der Waals surface area (Å²) in [5.74, 6) is -1.64. The molecular weight excluding hydrogens is 252 g/mol. The van der Waals surface area contributed by atoms with Crippen LogP contribution in [0.4, 0.5) is 8.78 Å². The Morgan fingerprint density at radius 2 is 1.93 bits per heavy atom. The van der Waals surface area contributed by atoms with Gasteiger partial charge in [0, 0.05) is 10.5 Å². The molecule has 0 spiro atoms. The molecule has 78 valence electrons. The predicted molar refractivity (Wildman–Crippen MR) is 56.0 cm³/mol. The van der Waals surface area contributed by atoms with Gasteiger partial charge in [0.25, 0.3) is 0 Å². The zero-order valence-corrected chi connectivity index (χ0v) is 9.44. The van der Waals surface area contributed by atoms with E-state index < -0.39 is 11.6 Å². The summed E-state index contributed by atoms with van der Waals surface area (Å²) >= 11 is 3.18. The van der Waals surface area contributed by atoms with E-state index >= 15 is 0 Å². The van der Waals surface area contributed by atoms with Crippen molar-refractivity contribution in [1.29, 1.82) is 0 Å². The van der Waals surface area contributed by atoms with E-state index in [9.17, 15) is 8.78 Å². The van der Waals surface area contributed by atoms with Crippen LogP contribution >= 0.6 is 15.9 Å². The minimum atomic E-state index is -0.832. The third-order valence-electron chi connectivity index (χ3n) is 1.96. The first-order valence-corrected chi connectivity index (χ1v) is 5.19. The fraction of sp³-hybridized carbons (Fsp3) is 0.400. The highest BCUT2D eigenvalue weighted by atomic mass is 79.9. The largest absolute Gasteiger partial charge is 0.328 e. The molecule has 1 rings (SSSR count). The quantitative estimate of drug-likeness (QED) is 0.834. The van der Waals surface area contributed by atoms with Crippen molar-refractivity contribution in [2.45, 2.75) is 25.8 Å². The van der Waals surface area contributed by atoms with E-state index in [0.717, 1.165) is 18.1 Å². The SMILES string of the molecule is CC(N)CCc1cc(F)c(F)cc1Br. The molecule has 0 heterocycles. The van der Waals surface area contributed by atoms with Crippen LogP contribution < -0.4 is 5.73 Å². The molecule has 0 radical (unpaired) electrons. The van der Waals surface area contributed by atoms with Gasteiger partial charge in [-0.3, -0.25) is 0 Å². The maximum absolute atomic E-state index is 12.9. The van der Waals surface area contributed by atoms with Crippen LogP contribution in [0.1, 0.15) is 18.9 Å². The van der Waals surface area contributed by atoms with Gasteiger partial charge in [0.15, 0.2) is 11.6 Å². The standard InChI is InChI=1S/C10H12BrF2N/c1-6(14)2-3-7-4-9(12)10(13)5-8(7)11/h4-6H,2-3,14H2,1H3. The summed E-state index contributed by atoms with van der Waals surface area (Å²) in [6.45, 7) is 1.88. The first-order chi connectivity index (χ1) is 6.50. The van der Waals surface area contributed by atoms with Crippen molar-refractivity contribution >= 4 is 15.9 Å². The lowest BCUT2D eigenvalue weighted by atomic mass is 10.1. The summed E-state index contributed by atoms with van der Waals surface area (Å²) in [4.78, 5) is 0. The van der Waals surface area contributed by atoms with Crippen molar-refractivity contribution in [2.75, 3.05) is 0 Å². The van der Waals surface area contributed by atoms with Crippen LogP contribution in [-0.4, -0.2) is 6.04 Å². The number of aryl methyl sites for hydroxylation is 1. The molecule has 2 N–H and O–H groups in total. The Hall–Kier alpha value is -0.480. The summed E-state index contributed by atoms with van der Waals surface area (Å²) in [5.41, 5.74) is 6.33. The van der Waals surface area contributed by atoms with E-state index in [1.165, 1.54) is 6.07 Å². The molecule has 0 fully saturated rings. The van der Waals surface area contributed by atoms with E-state index in [1.54, 1.807) is 0 Å². The van der Waals surface area contributed by atoms with Crippen LogP contribution in [0, 0.1) is 11.6 Å². The second-order valence-electron chi connectivity index (χ2n) is 3.37. The predicted octanol–water partition coefficient (Wildman–Crippen LogP) is 3.01. The lowest BCUT2D eigenvalue weighted by Gasteiger charge is -2.07. The highest BCUT2D eigenvalue weighted by molar-refractivity contribution is 9.10. The molecule has 0 aliphatic carbocycles. The van der Waals surface area contributed by atoms with Crippen molar-refractivity contribution in [2.24, 2.45) is 5.73 Å². The number of benzene rings is 1. The minimum Gasteiger partial charge on any atom is -0.328 e. The molecule has 4 heteroatoms. The van der Waals surface area contributed by atoms with Gasteiger partial charge in [0.05, 0.1) is 0 Å². The van der Waals surface area contributed by atoms with Crippen molar-refractivity contribution in [3.05, 3.63) is 33.8 Å². The lowest BCUT2D eigenvalue weighted by molar-refractivity contribution is 0.505. The molecule has 1 nitrogen and oxygen atoms in total. The first-order valence-electron chi connectivity index (χ1n) is 4.39. The van der Waals surface area contributed by atoms with Gasteiger partial charge in [-0.05, 0) is 37.5 Å². The molecule has 0 aliphatic rings. The molecule has 0 saturated heterocycles. The number of halogens is 3. The van der Waals surface area contributed by atoms with E-state index in [0.29, 0.717) is 10.9 Å². The van der Waals surface area contributed by atoms with Gasteiger partial charge in [0.2, 0.25) is 0 Å². The zero-order valence-electron chi connectivity index (χ0n) is 7.86. The van der Waals surface area contributed by atoms with E-state index in [-0.39, 0.29) is 6.04 Å². The molecule has 1 unspecified atom stereocenters. The molecule has 0 bridgehead atoms. The fourth-order valence-electron chi connectivity index (χ4n) is 1.14. The highest BCUT2D eigenvalue weighted by Crippen LogP contribution is 2.22. The molecule has 1 aromatic carbocycles. The van der Waals surface area contributed by atoms with Crippen LogP contribution in [0.25, 0.3) is 0 Å². The third-order valence-corrected chi connectivity index (χ3v) is 2.70. The minimum absolute atomic E-state index is 0.0648. The van der Waals surface area contributed by atoms with Crippen molar-refractivity contribution < 1.29 is 8.78 Å². The van der Waals surface area contributed by atoms with Gasteiger partial charge >= 0.3 is 0 Å². The topological polar surface area (TPSA) is 26.0 Å². The average Bonchev–Trinajstić information content (AvgIpc) is 2.09. The van der Waals surface area contributed by atoms with Gasteiger partial charge < -0.3 is 5.73 Å². The summed E-state index contributed by atoms with van der Waals surface area (Å²) in [6, 6.07) is 2.42. The van der Waals surface area contributed by atoms with Gasteiger partial charge in [-0.15, -0.1) is 0 Å². The second kappa shape index (κ2) is 4.84. The first kappa shape index (κ1) is 11.6. The smallest absolute Gasteiger partial charge is 0.159 e. The zero-order chi connectivity index (χ0) is 10.7. The number of nitrogens with two attached hydrogens (primary N) is 1. The lowest BCUT2D eigenvalue weighted by Crippen LogP contribution is -2.15. The summed E-state index contributed by atoms with van der Waals surface area (Å²) in [7, 11) is 0. The van der Waals surface area contributed by atoms with Gasteiger partial charge in [-0.25, -0.2) is 8.78 Å².